The van der Waals surface area contributed by atoms with E-state index >= 15 is 0 Å². The van der Waals surface area contributed by atoms with Gasteiger partial charge in [0.15, 0.2) is 0 Å². The van der Waals surface area contributed by atoms with Gasteiger partial charge in [0, 0.05) is 19.4 Å². The van der Waals surface area contributed by atoms with Crippen LogP contribution in [0.1, 0.15) is 70.6 Å². The van der Waals surface area contributed by atoms with Crippen molar-refractivity contribution in [2.45, 2.75) is 70.6 Å². The van der Waals surface area contributed by atoms with Gasteiger partial charge in [-0.2, -0.15) is 0 Å². The molecule has 1 aliphatic rings. The molecule has 1 fully saturated rings. The number of carboxylic acid groups (broad SMARTS) is 1. The smallest absolute Gasteiger partial charge is 0.303 e. The molecule has 0 unspecified atom stereocenters. The molecular formula is C15H27NO3. The lowest BCUT2D eigenvalue weighted by atomic mass is 10.0. The molecule has 110 valence electrons. The van der Waals surface area contributed by atoms with Crippen molar-refractivity contribution in [3.05, 3.63) is 0 Å². The minimum absolute atomic E-state index is 0.206. The maximum Gasteiger partial charge on any atom is 0.303 e. The van der Waals surface area contributed by atoms with Crippen molar-refractivity contribution < 1.29 is 14.7 Å². The fraction of sp³-hybridized carbons (Fsp3) is 0.867. The van der Waals surface area contributed by atoms with Crippen molar-refractivity contribution in [3.8, 4) is 0 Å². The Balaban J connectivity index is 1.84. The van der Waals surface area contributed by atoms with Crippen LogP contribution < -0.4 is 5.32 Å². The molecule has 0 aromatic heterocycles. The summed E-state index contributed by atoms with van der Waals surface area (Å²) in [5.74, 6) is 0.118. The van der Waals surface area contributed by atoms with E-state index in [0.717, 1.165) is 38.6 Å². The Morgan fingerprint density at radius 2 is 1.63 bits per heavy atom. The van der Waals surface area contributed by atoms with Crippen LogP contribution in [0.4, 0.5) is 0 Å². The van der Waals surface area contributed by atoms with Crippen LogP contribution >= 0.6 is 0 Å². The lowest BCUT2D eigenvalue weighted by molar-refractivity contribution is -0.137. The van der Waals surface area contributed by atoms with E-state index in [1.54, 1.807) is 0 Å². The van der Waals surface area contributed by atoms with Gasteiger partial charge < -0.3 is 10.4 Å². The summed E-state index contributed by atoms with van der Waals surface area (Å²) >= 11 is 0. The normalized spacial score (nSPS) is 15.6. The van der Waals surface area contributed by atoms with Crippen LogP contribution in [0.25, 0.3) is 0 Å². The Kier molecular flexibility index (Phi) is 8.26. The van der Waals surface area contributed by atoms with Crippen molar-refractivity contribution in [2.75, 3.05) is 6.54 Å². The molecule has 19 heavy (non-hydrogen) atoms. The third-order valence-electron chi connectivity index (χ3n) is 3.84. The summed E-state index contributed by atoms with van der Waals surface area (Å²) < 4.78 is 0. The Hall–Kier alpha value is -1.06. The molecule has 0 aromatic carbocycles. The molecule has 1 aliphatic carbocycles. The Labute approximate surface area is 116 Å². The van der Waals surface area contributed by atoms with Crippen LogP contribution in [0.2, 0.25) is 0 Å². The van der Waals surface area contributed by atoms with Crippen molar-refractivity contribution in [2.24, 2.45) is 5.92 Å². The number of carbonyl (C=O) groups excluding carboxylic acids is 1. The van der Waals surface area contributed by atoms with Gasteiger partial charge in [-0.25, -0.2) is 0 Å². The van der Waals surface area contributed by atoms with E-state index in [1.807, 2.05) is 0 Å². The predicted molar refractivity (Wildman–Crippen MR) is 74.9 cm³/mol. The number of hydrogen-bond acceptors (Lipinski definition) is 2. The number of unbranched alkanes of at least 4 members (excludes halogenated alkanes) is 4. The van der Waals surface area contributed by atoms with E-state index in [4.69, 9.17) is 5.11 Å². The fourth-order valence-electron chi connectivity index (χ4n) is 2.71. The average molecular weight is 269 g/mol. The number of rotatable bonds is 10. The van der Waals surface area contributed by atoms with Crippen LogP contribution in [0.15, 0.2) is 0 Å². The highest BCUT2D eigenvalue weighted by Gasteiger charge is 2.17. The maximum absolute atomic E-state index is 11.6. The Morgan fingerprint density at radius 1 is 1.00 bits per heavy atom. The summed E-state index contributed by atoms with van der Waals surface area (Å²) in [6.45, 7) is 0.768. The zero-order valence-corrected chi connectivity index (χ0v) is 11.8. The van der Waals surface area contributed by atoms with Gasteiger partial charge >= 0.3 is 5.97 Å². The number of carboxylic acids is 1. The van der Waals surface area contributed by atoms with E-state index in [1.165, 1.54) is 25.7 Å². The van der Waals surface area contributed by atoms with E-state index in [2.05, 4.69) is 5.32 Å². The molecule has 4 nitrogen and oxygen atoms in total. The highest BCUT2D eigenvalue weighted by molar-refractivity contribution is 5.76. The van der Waals surface area contributed by atoms with E-state index in [9.17, 15) is 9.59 Å². The third-order valence-corrected chi connectivity index (χ3v) is 3.84. The highest BCUT2D eigenvalue weighted by atomic mass is 16.4. The summed E-state index contributed by atoms with van der Waals surface area (Å²) in [5, 5.41) is 11.5. The van der Waals surface area contributed by atoms with Crippen LogP contribution in [-0.2, 0) is 9.59 Å². The number of nitrogens with one attached hydrogen (secondary N) is 1. The second kappa shape index (κ2) is 9.82. The van der Waals surface area contributed by atoms with Crippen molar-refractivity contribution in [3.63, 3.8) is 0 Å². The fourth-order valence-corrected chi connectivity index (χ4v) is 2.71. The second-order valence-electron chi connectivity index (χ2n) is 5.62. The van der Waals surface area contributed by atoms with E-state index in [-0.39, 0.29) is 12.3 Å². The summed E-state index contributed by atoms with van der Waals surface area (Å²) in [6.07, 6.45) is 10.9. The molecule has 0 bridgehead atoms. The largest absolute Gasteiger partial charge is 0.481 e. The molecule has 0 aromatic rings. The molecule has 0 spiro atoms. The molecule has 1 rings (SSSR count). The molecule has 4 heteroatoms. The van der Waals surface area contributed by atoms with Gasteiger partial charge in [-0.1, -0.05) is 32.1 Å². The quantitative estimate of drug-likeness (QED) is 0.599. The van der Waals surface area contributed by atoms with Crippen molar-refractivity contribution >= 4 is 11.9 Å². The molecule has 0 saturated heterocycles. The van der Waals surface area contributed by atoms with E-state index < -0.39 is 5.97 Å². The predicted octanol–water partition coefficient (Wildman–Crippen LogP) is 3.11. The number of carbonyl (C=O) groups is 2. The first-order valence-electron chi connectivity index (χ1n) is 7.67. The van der Waals surface area contributed by atoms with Crippen LogP contribution in [-0.4, -0.2) is 23.5 Å². The third kappa shape index (κ3) is 8.62. The van der Waals surface area contributed by atoms with Crippen molar-refractivity contribution in [1.29, 1.82) is 0 Å². The molecule has 2 N–H and O–H groups in total. The lowest BCUT2D eigenvalue weighted by Crippen LogP contribution is -2.25. The summed E-state index contributed by atoms with van der Waals surface area (Å²) in [5.41, 5.74) is 0. The minimum Gasteiger partial charge on any atom is -0.481 e. The molecule has 0 heterocycles. The zero-order chi connectivity index (χ0) is 13.9. The first kappa shape index (κ1) is 16.0. The van der Waals surface area contributed by atoms with Gasteiger partial charge in [0.05, 0.1) is 0 Å². The molecule has 0 atom stereocenters. The van der Waals surface area contributed by atoms with Crippen LogP contribution in [0, 0.1) is 5.92 Å². The SMILES string of the molecule is O=C(O)CCCCCCCNC(=O)CC1CCCC1. The van der Waals surface area contributed by atoms with Gasteiger partial charge in [0.25, 0.3) is 0 Å². The lowest BCUT2D eigenvalue weighted by Gasteiger charge is -2.09. The molecule has 1 saturated carbocycles. The first-order valence-corrected chi connectivity index (χ1v) is 7.67. The number of hydrogen-bond donors (Lipinski definition) is 2. The summed E-state index contributed by atoms with van der Waals surface area (Å²) in [6, 6.07) is 0. The number of amides is 1. The molecule has 0 aliphatic heterocycles. The molecule has 1 amide bonds. The minimum atomic E-state index is -0.709. The second-order valence-corrected chi connectivity index (χ2v) is 5.62. The van der Waals surface area contributed by atoms with Crippen LogP contribution in [0.3, 0.4) is 0 Å². The van der Waals surface area contributed by atoms with Crippen molar-refractivity contribution in [1.82, 2.24) is 5.32 Å². The van der Waals surface area contributed by atoms with Gasteiger partial charge in [-0.3, -0.25) is 9.59 Å². The molecular weight excluding hydrogens is 242 g/mol. The monoisotopic (exact) mass is 269 g/mol. The van der Waals surface area contributed by atoms with Crippen LogP contribution in [0.5, 0.6) is 0 Å². The maximum atomic E-state index is 11.6. The van der Waals surface area contributed by atoms with Gasteiger partial charge in [-0.05, 0) is 31.6 Å². The average Bonchev–Trinajstić information content (AvgIpc) is 2.85. The van der Waals surface area contributed by atoms with Gasteiger partial charge in [0.2, 0.25) is 5.91 Å². The van der Waals surface area contributed by atoms with E-state index in [0.29, 0.717) is 12.3 Å². The number of aliphatic carboxylic acids is 1. The standard InChI is InChI=1S/C15H27NO3/c17-14(12-13-8-5-6-9-13)16-11-7-3-1-2-4-10-15(18)19/h13H,1-12H2,(H,16,17)(H,18,19). The summed E-state index contributed by atoms with van der Waals surface area (Å²) in [4.78, 5) is 21.9. The van der Waals surface area contributed by atoms with Gasteiger partial charge in [-0.15, -0.1) is 0 Å². The topological polar surface area (TPSA) is 66.4 Å². The Morgan fingerprint density at radius 3 is 2.32 bits per heavy atom. The summed E-state index contributed by atoms with van der Waals surface area (Å²) in [7, 11) is 0. The first-order chi connectivity index (χ1) is 9.18. The molecule has 0 radical (unpaired) electrons. The van der Waals surface area contributed by atoms with Gasteiger partial charge in [0.1, 0.15) is 0 Å². The Bertz CT molecular complexity index is 273. The zero-order valence-electron chi connectivity index (χ0n) is 11.8. The highest BCUT2D eigenvalue weighted by Crippen LogP contribution is 2.27.